The molecule has 1 aromatic heterocycles. The van der Waals surface area contributed by atoms with Crippen molar-refractivity contribution in [2.45, 2.75) is 12.4 Å². The Balaban J connectivity index is 1.73. The molecule has 2 rings (SSSR count). The number of esters is 1. The molecule has 0 unspecified atom stereocenters. The zero-order chi connectivity index (χ0) is 15.8. The van der Waals surface area contributed by atoms with E-state index >= 15 is 0 Å². The van der Waals surface area contributed by atoms with Crippen LogP contribution in [0.15, 0.2) is 48.8 Å². The lowest BCUT2D eigenvalue weighted by atomic mass is 10.2. The van der Waals surface area contributed by atoms with Gasteiger partial charge in [-0.1, -0.05) is 18.2 Å². The third-order valence-corrected chi connectivity index (χ3v) is 3.71. The molecule has 1 heterocycles. The van der Waals surface area contributed by atoms with Crippen molar-refractivity contribution in [3.63, 3.8) is 0 Å². The van der Waals surface area contributed by atoms with Gasteiger partial charge < -0.3 is 4.74 Å². The molecule has 7 heteroatoms. The van der Waals surface area contributed by atoms with Crippen LogP contribution in [0.1, 0.15) is 11.1 Å². The van der Waals surface area contributed by atoms with Crippen LogP contribution in [0.25, 0.3) is 0 Å². The second-order valence-corrected chi connectivity index (χ2v) is 5.43. The summed E-state index contributed by atoms with van der Waals surface area (Å²) < 4.78 is 5.10. The Hall–Kier alpha value is -2.41. The van der Waals surface area contributed by atoms with Gasteiger partial charge in [0.25, 0.3) is 5.69 Å². The van der Waals surface area contributed by atoms with E-state index in [-0.39, 0.29) is 24.0 Å². The highest BCUT2D eigenvalue weighted by molar-refractivity contribution is 7.99. The molecular weight excluding hydrogens is 304 g/mol. The predicted molar refractivity (Wildman–Crippen MR) is 83.3 cm³/mol. The number of carbonyl (C=O) groups is 1. The molecule has 0 aliphatic carbocycles. The number of aromatic nitrogens is 1. The third-order valence-electron chi connectivity index (χ3n) is 2.73. The highest BCUT2D eigenvalue weighted by Gasteiger charge is 2.08. The first-order valence-corrected chi connectivity index (χ1v) is 7.66. The summed E-state index contributed by atoms with van der Waals surface area (Å²) >= 11 is 1.43. The average molecular weight is 318 g/mol. The van der Waals surface area contributed by atoms with Crippen LogP contribution < -0.4 is 0 Å². The number of nitro benzene ring substituents is 1. The minimum absolute atomic E-state index is 0.0144. The number of pyridine rings is 1. The summed E-state index contributed by atoms with van der Waals surface area (Å²) in [5.74, 6) is 0.559. The quantitative estimate of drug-likeness (QED) is 0.443. The van der Waals surface area contributed by atoms with Crippen LogP contribution in [0.3, 0.4) is 0 Å². The smallest absolute Gasteiger partial charge is 0.316 e. The van der Waals surface area contributed by atoms with Crippen molar-refractivity contribution in [3.8, 4) is 0 Å². The number of hydrogen-bond acceptors (Lipinski definition) is 6. The molecule has 114 valence electrons. The Morgan fingerprint density at radius 2 is 2.09 bits per heavy atom. The Morgan fingerprint density at radius 3 is 2.82 bits per heavy atom. The molecule has 0 aliphatic heterocycles. The first kappa shape index (κ1) is 16.0. The van der Waals surface area contributed by atoms with E-state index in [0.717, 1.165) is 5.56 Å². The predicted octanol–water partition coefficient (Wildman–Crippen LogP) is 2.97. The Kier molecular flexibility index (Phi) is 5.91. The number of thioether (sulfide) groups is 1. The van der Waals surface area contributed by atoms with Crippen LogP contribution in [-0.2, 0) is 21.9 Å². The maximum atomic E-state index is 11.6. The fourth-order valence-corrected chi connectivity index (χ4v) is 2.46. The zero-order valence-electron chi connectivity index (χ0n) is 11.7. The molecule has 0 bridgehead atoms. The van der Waals surface area contributed by atoms with Crippen LogP contribution >= 0.6 is 11.8 Å². The number of benzene rings is 1. The highest BCUT2D eigenvalue weighted by atomic mass is 32.2. The second-order valence-electron chi connectivity index (χ2n) is 4.44. The first-order chi connectivity index (χ1) is 10.6. The van der Waals surface area contributed by atoms with Gasteiger partial charge in [-0.3, -0.25) is 19.9 Å². The van der Waals surface area contributed by atoms with E-state index < -0.39 is 4.92 Å². The molecule has 0 N–H and O–H groups in total. The van der Waals surface area contributed by atoms with Crippen molar-refractivity contribution >= 4 is 23.4 Å². The van der Waals surface area contributed by atoms with Crippen LogP contribution in [-0.4, -0.2) is 21.6 Å². The fourth-order valence-electron chi connectivity index (χ4n) is 1.70. The number of nitro groups is 1. The molecule has 1 aromatic carbocycles. The summed E-state index contributed by atoms with van der Waals surface area (Å²) in [6.45, 7) is 0.0357. The molecular formula is C15H14N2O4S. The zero-order valence-corrected chi connectivity index (χ0v) is 12.5. The molecule has 22 heavy (non-hydrogen) atoms. The van der Waals surface area contributed by atoms with Gasteiger partial charge >= 0.3 is 5.97 Å². The van der Waals surface area contributed by atoms with Crippen molar-refractivity contribution in [1.29, 1.82) is 0 Å². The lowest BCUT2D eigenvalue weighted by Crippen LogP contribution is -2.07. The summed E-state index contributed by atoms with van der Waals surface area (Å²) in [5, 5.41) is 10.7. The lowest BCUT2D eigenvalue weighted by molar-refractivity contribution is -0.384. The molecule has 0 fully saturated rings. The van der Waals surface area contributed by atoms with Crippen molar-refractivity contribution in [2.75, 3.05) is 5.75 Å². The number of rotatable bonds is 7. The van der Waals surface area contributed by atoms with Crippen molar-refractivity contribution < 1.29 is 14.5 Å². The lowest BCUT2D eigenvalue weighted by Gasteiger charge is -2.05. The van der Waals surface area contributed by atoms with E-state index in [2.05, 4.69) is 4.98 Å². The van der Waals surface area contributed by atoms with Gasteiger partial charge in [0.1, 0.15) is 6.61 Å². The fraction of sp³-hybridized carbons (Fsp3) is 0.200. The highest BCUT2D eigenvalue weighted by Crippen LogP contribution is 2.15. The van der Waals surface area contributed by atoms with E-state index in [4.69, 9.17) is 4.74 Å². The van der Waals surface area contributed by atoms with Gasteiger partial charge in [-0.05, 0) is 17.2 Å². The number of carbonyl (C=O) groups excluding carboxylic acids is 1. The molecule has 0 saturated carbocycles. The molecule has 0 aliphatic rings. The van der Waals surface area contributed by atoms with Gasteiger partial charge in [0, 0.05) is 30.3 Å². The van der Waals surface area contributed by atoms with E-state index in [0.29, 0.717) is 11.3 Å². The molecule has 0 spiro atoms. The monoisotopic (exact) mass is 318 g/mol. The van der Waals surface area contributed by atoms with Gasteiger partial charge in [-0.25, -0.2) is 0 Å². The van der Waals surface area contributed by atoms with Gasteiger partial charge in [-0.2, -0.15) is 0 Å². The summed E-state index contributed by atoms with van der Waals surface area (Å²) in [4.78, 5) is 25.8. The van der Waals surface area contributed by atoms with Crippen LogP contribution in [0.2, 0.25) is 0 Å². The summed E-state index contributed by atoms with van der Waals surface area (Å²) in [6, 6.07) is 9.83. The number of hydrogen-bond donors (Lipinski definition) is 0. The number of ether oxygens (including phenoxy) is 1. The molecule has 0 amide bonds. The summed E-state index contributed by atoms with van der Waals surface area (Å²) in [6.07, 6.45) is 3.45. The molecule has 0 radical (unpaired) electrons. The molecule has 0 atom stereocenters. The van der Waals surface area contributed by atoms with E-state index in [1.807, 2.05) is 12.1 Å². The minimum Gasteiger partial charge on any atom is -0.460 e. The standard InChI is InChI=1S/C15H14N2O4S/c18-15(11-22-10-13-4-2-6-16-8-13)21-9-12-3-1-5-14(7-12)17(19)20/h1-8H,9-11H2. The van der Waals surface area contributed by atoms with Crippen molar-refractivity contribution in [1.82, 2.24) is 4.98 Å². The first-order valence-electron chi connectivity index (χ1n) is 6.51. The molecule has 0 saturated heterocycles. The number of non-ortho nitro benzene ring substituents is 1. The number of nitrogens with zero attached hydrogens (tertiary/aromatic N) is 2. The van der Waals surface area contributed by atoms with Gasteiger partial charge in [0.05, 0.1) is 10.7 Å². The Bertz CT molecular complexity index is 649. The Morgan fingerprint density at radius 1 is 1.27 bits per heavy atom. The van der Waals surface area contributed by atoms with Gasteiger partial charge in [0.2, 0.25) is 0 Å². The summed E-state index contributed by atoms with van der Waals surface area (Å²) in [5.41, 5.74) is 1.62. The van der Waals surface area contributed by atoms with Crippen LogP contribution in [0, 0.1) is 10.1 Å². The molecule has 2 aromatic rings. The topological polar surface area (TPSA) is 82.3 Å². The van der Waals surface area contributed by atoms with Crippen molar-refractivity contribution in [2.24, 2.45) is 0 Å². The minimum atomic E-state index is -0.477. The maximum absolute atomic E-state index is 11.6. The van der Waals surface area contributed by atoms with E-state index in [9.17, 15) is 14.9 Å². The van der Waals surface area contributed by atoms with Crippen molar-refractivity contribution in [3.05, 3.63) is 70.0 Å². The second kappa shape index (κ2) is 8.14. The van der Waals surface area contributed by atoms with Gasteiger partial charge in [-0.15, -0.1) is 11.8 Å². The van der Waals surface area contributed by atoms with Gasteiger partial charge in [0.15, 0.2) is 0 Å². The van der Waals surface area contributed by atoms with E-state index in [1.54, 1.807) is 24.5 Å². The average Bonchev–Trinajstić information content (AvgIpc) is 2.54. The third kappa shape index (κ3) is 5.17. The SMILES string of the molecule is O=C(CSCc1cccnc1)OCc1cccc([N+](=O)[O-])c1. The Labute approximate surface area is 131 Å². The molecule has 6 nitrogen and oxygen atoms in total. The maximum Gasteiger partial charge on any atom is 0.316 e. The largest absolute Gasteiger partial charge is 0.460 e. The normalized spacial score (nSPS) is 10.2. The van der Waals surface area contributed by atoms with Crippen LogP contribution in [0.4, 0.5) is 5.69 Å². The van der Waals surface area contributed by atoms with Crippen LogP contribution in [0.5, 0.6) is 0 Å². The summed E-state index contributed by atoms with van der Waals surface area (Å²) in [7, 11) is 0. The van der Waals surface area contributed by atoms with E-state index in [1.165, 1.54) is 23.9 Å².